The van der Waals surface area contributed by atoms with E-state index in [9.17, 15) is 0 Å². The fraction of sp³-hybridized carbons (Fsp3) is 0.571. The van der Waals surface area contributed by atoms with E-state index in [0.717, 1.165) is 62.6 Å². The van der Waals surface area contributed by atoms with Gasteiger partial charge in [0.2, 0.25) is 0 Å². The van der Waals surface area contributed by atoms with Crippen LogP contribution in [0.1, 0.15) is 37.9 Å². The largest absolute Gasteiger partial charge is 0.383 e. The maximum absolute atomic E-state index is 6.19. The van der Waals surface area contributed by atoms with Gasteiger partial charge in [0, 0.05) is 61.1 Å². The molecule has 1 aliphatic carbocycles. The monoisotopic (exact) mass is 374 g/mol. The van der Waals surface area contributed by atoms with Crippen LogP contribution in [0.4, 0.5) is 5.69 Å². The Labute approximate surface area is 162 Å². The number of anilines is 1. The highest BCUT2D eigenvalue weighted by Crippen LogP contribution is 2.34. The lowest BCUT2D eigenvalue weighted by molar-refractivity contribution is 0.249. The zero-order valence-corrected chi connectivity index (χ0v) is 16.8. The maximum atomic E-state index is 6.19. The summed E-state index contributed by atoms with van der Waals surface area (Å²) in [6.45, 7) is 10.6. The zero-order valence-electron chi connectivity index (χ0n) is 16.1. The summed E-state index contributed by atoms with van der Waals surface area (Å²) < 4.78 is 0. The second-order valence-electron chi connectivity index (χ2n) is 6.80. The normalized spacial score (nSPS) is 17.3. The van der Waals surface area contributed by atoms with Crippen LogP contribution >= 0.6 is 11.6 Å². The summed E-state index contributed by atoms with van der Waals surface area (Å²) >= 11 is 6.19. The number of hydrogen-bond donors (Lipinski definition) is 2. The predicted molar refractivity (Wildman–Crippen MR) is 113 cm³/mol. The fourth-order valence-electron chi connectivity index (χ4n) is 3.87. The van der Waals surface area contributed by atoms with Crippen LogP contribution < -0.4 is 10.6 Å². The lowest BCUT2D eigenvalue weighted by Crippen LogP contribution is -2.45. The Kier molecular flexibility index (Phi) is 7.12. The summed E-state index contributed by atoms with van der Waals surface area (Å²) in [7, 11) is 0. The molecule has 2 aromatic rings. The molecule has 0 radical (unpaired) electrons. The van der Waals surface area contributed by atoms with Crippen molar-refractivity contribution < 1.29 is 0 Å². The third-order valence-electron chi connectivity index (χ3n) is 5.16. The van der Waals surface area contributed by atoms with Gasteiger partial charge in [-0.05, 0) is 49.4 Å². The van der Waals surface area contributed by atoms with Gasteiger partial charge in [0.15, 0.2) is 0 Å². The Balaban J connectivity index is 0.000000948. The van der Waals surface area contributed by atoms with E-state index >= 15 is 0 Å². The van der Waals surface area contributed by atoms with Crippen LogP contribution in [0.25, 0.3) is 10.9 Å². The number of pyridine rings is 1. The molecule has 0 amide bonds. The highest BCUT2D eigenvalue weighted by molar-refractivity contribution is 6.31. The molecular weight excluding hydrogens is 344 g/mol. The summed E-state index contributed by atoms with van der Waals surface area (Å²) in [6.07, 6.45) is 4.73. The molecule has 1 aromatic carbocycles. The van der Waals surface area contributed by atoms with Gasteiger partial charge in [-0.2, -0.15) is 0 Å². The Bertz CT molecular complexity index is 726. The first-order valence-electron chi connectivity index (χ1n) is 10.1. The molecular formula is C21H31ClN4. The summed E-state index contributed by atoms with van der Waals surface area (Å²) in [5, 5.41) is 9.12. The van der Waals surface area contributed by atoms with E-state index in [1.54, 1.807) is 0 Å². The van der Waals surface area contributed by atoms with Gasteiger partial charge < -0.3 is 10.6 Å². The Hall–Kier alpha value is -1.36. The molecule has 1 aromatic heterocycles. The second kappa shape index (κ2) is 9.54. The van der Waals surface area contributed by atoms with Gasteiger partial charge >= 0.3 is 0 Å². The van der Waals surface area contributed by atoms with Gasteiger partial charge in [-0.25, -0.2) is 0 Å². The van der Waals surface area contributed by atoms with E-state index in [2.05, 4.69) is 21.6 Å². The molecule has 4 nitrogen and oxygen atoms in total. The van der Waals surface area contributed by atoms with Crippen LogP contribution in [0.2, 0.25) is 5.02 Å². The molecule has 2 N–H and O–H groups in total. The number of hydrogen-bond acceptors (Lipinski definition) is 4. The van der Waals surface area contributed by atoms with E-state index in [4.69, 9.17) is 16.6 Å². The molecule has 1 aliphatic heterocycles. The summed E-state index contributed by atoms with van der Waals surface area (Å²) in [5.74, 6) is 0. The smallest absolute Gasteiger partial charge is 0.0741 e. The quantitative estimate of drug-likeness (QED) is 0.844. The third kappa shape index (κ3) is 4.48. The molecule has 0 atom stereocenters. The fourth-order valence-corrected chi connectivity index (χ4v) is 4.04. The summed E-state index contributed by atoms with van der Waals surface area (Å²) in [5.41, 5.74) is 5.01. The lowest BCUT2D eigenvalue weighted by atomic mass is 9.92. The van der Waals surface area contributed by atoms with Gasteiger partial charge in [-0.15, -0.1) is 0 Å². The maximum Gasteiger partial charge on any atom is 0.0741 e. The second-order valence-corrected chi connectivity index (χ2v) is 7.24. The highest BCUT2D eigenvalue weighted by atomic mass is 35.5. The molecule has 26 heavy (non-hydrogen) atoms. The molecule has 0 spiro atoms. The Morgan fingerprint density at radius 3 is 2.73 bits per heavy atom. The first kappa shape index (κ1) is 19.4. The molecule has 4 rings (SSSR count). The Morgan fingerprint density at radius 1 is 1.15 bits per heavy atom. The minimum Gasteiger partial charge on any atom is -0.383 e. The number of rotatable bonds is 4. The highest BCUT2D eigenvalue weighted by Gasteiger charge is 2.18. The number of aryl methyl sites for hydroxylation is 1. The van der Waals surface area contributed by atoms with Crippen molar-refractivity contribution in [3.05, 3.63) is 34.5 Å². The molecule has 1 fully saturated rings. The van der Waals surface area contributed by atoms with Crippen LogP contribution in [0.3, 0.4) is 0 Å². The third-order valence-corrected chi connectivity index (χ3v) is 5.40. The number of aromatic nitrogens is 1. The van der Waals surface area contributed by atoms with E-state index in [0.29, 0.717) is 0 Å². The topological polar surface area (TPSA) is 40.2 Å². The van der Waals surface area contributed by atoms with Gasteiger partial charge in [0.05, 0.1) is 5.52 Å². The van der Waals surface area contributed by atoms with Crippen molar-refractivity contribution in [2.45, 2.75) is 39.5 Å². The average molecular weight is 375 g/mol. The number of halogens is 1. The minimum atomic E-state index is 0.762. The van der Waals surface area contributed by atoms with E-state index in [1.807, 2.05) is 26.0 Å². The standard InChI is InChI=1S/C19H25ClN4.C2H6/c20-14-5-6-16-18(13-14)23-17-4-2-1-3-15(17)19(16)22-9-12-24-10-7-21-8-11-24;1-2/h5-6,13,21H,1-4,7-12H2,(H,22,23);1-2H3. The molecule has 0 bridgehead atoms. The number of benzene rings is 1. The summed E-state index contributed by atoms with van der Waals surface area (Å²) in [6, 6.07) is 6.09. The zero-order chi connectivity index (χ0) is 18.4. The van der Waals surface area contributed by atoms with E-state index < -0.39 is 0 Å². The van der Waals surface area contributed by atoms with Crippen molar-refractivity contribution in [1.82, 2.24) is 15.2 Å². The predicted octanol–water partition coefficient (Wildman–Crippen LogP) is 4.11. The minimum absolute atomic E-state index is 0.762. The van der Waals surface area contributed by atoms with Crippen molar-refractivity contribution in [3.8, 4) is 0 Å². The van der Waals surface area contributed by atoms with Crippen molar-refractivity contribution >= 4 is 28.2 Å². The number of nitrogens with zero attached hydrogens (tertiary/aromatic N) is 2. The van der Waals surface area contributed by atoms with Crippen molar-refractivity contribution in [2.24, 2.45) is 0 Å². The molecule has 5 heteroatoms. The van der Waals surface area contributed by atoms with Crippen LogP contribution in [-0.4, -0.2) is 49.2 Å². The molecule has 1 saturated heterocycles. The van der Waals surface area contributed by atoms with Crippen LogP contribution in [0.15, 0.2) is 18.2 Å². The molecule has 2 heterocycles. The summed E-state index contributed by atoms with van der Waals surface area (Å²) in [4.78, 5) is 7.42. The first-order valence-corrected chi connectivity index (χ1v) is 10.5. The number of nitrogens with one attached hydrogen (secondary N) is 2. The van der Waals surface area contributed by atoms with Crippen molar-refractivity contribution in [1.29, 1.82) is 0 Å². The van der Waals surface area contributed by atoms with Crippen molar-refractivity contribution in [2.75, 3.05) is 44.6 Å². The average Bonchev–Trinajstić information content (AvgIpc) is 2.69. The van der Waals surface area contributed by atoms with E-state index in [-0.39, 0.29) is 0 Å². The SMILES string of the molecule is CC.Clc1ccc2c(NCCN3CCNCC3)c3c(nc2c1)CCCC3. The molecule has 0 saturated carbocycles. The van der Waals surface area contributed by atoms with Gasteiger partial charge in [-0.3, -0.25) is 9.88 Å². The Morgan fingerprint density at radius 2 is 1.92 bits per heavy atom. The molecule has 2 aliphatic rings. The van der Waals surface area contributed by atoms with Gasteiger partial charge in [0.25, 0.3) is 0 Å². The van der Waals surface area contributed by atoms with E-state index in [1.165, 1.54) is 35.2 Å². The van der Waals surface area contributed by atoms with Gasteiger partial charge in [-0.1, -0.05) is 25.4 Å². The number of piperazine rings is 1. The molecule has 142 valence electrons. The first-order chi connectivity index (χ1) is 12.8. The lowest BCUT2D eigenvalue weighted by Gasteiger charge is -2.28. The van der Waals surface area contributed by atoms with Gasteiger partial charge in [0.1, 0.15) is 0 Å². The van der Waals surface area contributed by atoms with Crippen LogP contribution in [-0.2, 0) is 12.8 Å². The molecule has 0 unspecified atom stereocenters. The van der Waals surface area contributed by atoms with Crippen LogP contribution in [0.5, 0.6) is 0 Å². The number of fused-ring (bicyclic) bond motifs is 2. The van der Waals surface area contributed by atoms with Crippen LogP contribution in [0, 0.1) is 0 Å². The van der Waals surface area contributed by atoms with Crippen molar-refractivity contribution in [3.63, 3.8) is 0 Å².